The summed E-state index contributed by atoms with van der Waals surface area (Å²) in [6.45, 7) is 9.97. The van der Waals surface area contributed by atoms with E-state index in [1.807, 2.05) is 7.05 Å². The highest BCUT2D eigenvalue weighted by atomic mass is 127. The van der Waals surface area contributed by atoms with Gasteiger partial charge < -0.3 is 20.3 Å². The second-order valence-electron chi connectivity index (χ2n) is 7.11. The number of nitrogens with zero attached hydrogens (tertiary/aromatic N) is 2. The lowest BCUT2D eigenvalue weighted by Crippen LogP contribution is -2.41. The van der Waals surface area contributed by atoms with Crippen LogP contribution >= 0.6 is 24.0 Å². The Morgan fingerprint density at radius 2 is 2.00 bits per heavy atom. The molecular weight excluding hydrogens is 439 g/mol. The molecule has 0 radical (unpaired) electrons. The molecule has 1 fully saturated rings. The van der Waals surface area contributed by atoms with Crippen molar-refractivity contribution in [1.82, 2.24) is 10.6 Å². The van der Waals surface area contributed by atoms with Gasteiger partial charge in [-0.2, -0.15) is 0 Å². The zero-order chi connectivity index (χ0) is 17.9. The van der Waals surface area contributed by atoms with Gasteiger partial charge in [-0.3, -0.25) is 4.99 Å². The van der Waals surface area contributed by atoms with Crippen LogP contribution in [0.5, 0.6) is 0 Å². The number of nitrogens with one attached hydrogen (secondary N) is 2. The molecule has 0 aliphatic carbocycles. The first kappa shape index (κ1) is 23.0. The molecule has 0 saturated carbocycles. The zero-order valence-corrected chi connectivity index (χ0v) is 18.7. The Kier molecular flexibility index (Phi) is 11.7. The van der Waals surface area contributed by atoms with Crippen LogP contribution in [-0.4, -0.2) is 52.4 Å². The molecule has 0 bridgehead atoms. The molecular formula is C20H35IN4O. The van der Waals surface area contributed by atoms with E-state index in [-0.39, 0.29) is 24.0 Å². The number of anilines is 1. The Hall–Kier alpha value is -1.02. The maximum Gasteiger partial charge on any atom is 0.191 e. The SMILES string of the molecule is CN=C(NCCOCCC(C)C)NCC1CCN(c2ccccc2)C1.I. The Bertz CT molecular complexity index is 510. The van der Waals surface area contributed by atoms with Crippen LogP contribution in [0.15, 0.2) is 35.3 Å². The van der Waals surface area contributed by atoms with Gasteiger partial charge in [0, 0.05) is 45.5 Å². The van der Waals surface area contributed by atoms with E-state index in [1.165, 1.54) is 12.1 Å². The van der Waals surface area contributed by atoms with Crippen LogP contribution in [0.1, 0.15) is 26.7 Å². The van der Waals surface area contributed by atoms with Gasteiger partial charge in [-0.05, 0) is 36.8 Å². The molecule has 0 aromatic heterocycles. The second kappa shape index (κ2) is 13.2. The third-order valence-electron chi connectivity index (χ3n) is 4.57. The fourth-order valence-electron chi connectivity index (χ4n) is 3.00. The summed E-state index contributed by atoms with van der Waals surface area (Å²) < 4.78 is 5.63. The summed E-state index contributed by atoms with van der Waals surface area (Å²) in [6.07, 6.45) is 2.34. The van der Waals surface area contributed by atoms with Crippen LogP contribution < -0.4 is 15.5 Å². The first-order chi connectivity index (χ1) is 12.2. The van der Waals surface area contributed by atoms with Crippen LogP contribution in [0.2, 0.25) is 0 Å². The number of para-hydroxylation sites is 1. The molecule has 1 unspecified atom stereocenters. The number of hydrogen-bond donors (Lipinski definition) is 2. The molecule has 0 spiro atoms. The molecule has 148 valence electrons. The predicted molar refractivity (Wildman–Crippen MR) is 122 cm³/mol. The quantitative estimate of drug-likeness (QED) is 0.250. The minimum absolute atomic E-state index is 0. The van der Waals surface area contributed by atoms with Crippen molar-refractivity contribution in [3.63, 3.8) is 0 Å². The molecule has 26 heavy (non-hydrogen) atoms. The van der Waals surface area contributed by atoms with E-state index >= 15 is 0 Å². The van der Waals surface area contributed by atoms with Gasteiger partial charge in [-0.1, -0.05) is 32.0 Å². The third kappa shape index (κ3) is 8.58. The highest BCUT2D eigenvalue weighted by Crippen LogP contribution is 2.22. The molecule has 1 saturated heterocycles. The van der Waals surface area contributed by atoms with Crippen molar-refractivity contribution in [3.05, 3.63) is 30.3 Å². The first-order valence-electron chi connectivity index (χ1n) is 9.51. The number of halogens is 1. The van der Waals surface area contributed by atoms with E-state index in [2.05, 4.69) is 64.7 Å². The summed E-state index contributed by atoms with van der Waals surface area (Å²) in [5.74, 6) is 2.22. The van der Waals surface area contributed by atoms with E-state index in [0.29, 0.717) is 11.8 Å². The van der Waals surface area contributed by atoms with Gasteiger partial charge in [0.2, 0.25) is 0 Å². The van der Waals surface area contributed by atoms with Gasteiger partial charge in [0.15, 0.2) is 5.96 Å². The summed E-state index contributed by atoms with van der Waals surface area (Å²) in [4.78, 5) is 6.76. The molecule has 5 nitrogen and oxygen atoms in total. The maximum absolute atomic E-state index is 5.63. The van der Waals surface area contributed by atoms with E-state index < -0.39 is 0 Å². The number of guanidine groups is 1. The lowest BCUT2D eigenvalue weighted by Gasteiger charge is -2.19. The van der Waals surface area contributed by atoms with Crippen LogP contribution in [0.25, 0.3) is 0 Å². The van der Waals surface area contributed by atoms with Crippen LogP contribution in [0, 0.1) is 11.8 Å². The van der Waals surface area contributed by atoms with Crippen molar-refractivity contribution in [2.75, 3.05) is 51.3 Å². The molecule has 1 atom stereocenters. The van der Waals surface area contributed by atoms with Gasteiger partial charge in [0.1, 0.15) is 0 Å². The summed E-state index contributed by atoms with van der Waals surface area (Å²) in [5, 5.41) is 6.77. The van der Waals surface area contributed by atoms with Gasteiger partial charge in [0.25, 0.3) is 0 Å². The van der Waals surface area contributed by atoms with E-state index in [4.69, 9.17) is 4.74 Å². The van der Waals surface area contributed by atoms with Crippen molar-refractivity contribution in [1.29, 1.82) is 0 Å². The lowest BCUT2D eigenvalue weighted by atomic mass is 10.1. The predicted octanol–water partition coefficient (Wildman–Crippen LogP) is 3.36. The molecule has 1 aromatic rings. The Labute approximate surface area is 176 Å². The lowest BCUT2D eigenvalue weighted by molar-refractivity contribution is 0.128. The summed E-state index contributed by atoms with van der Waals surface area (Å²) in [6, 6.07) is 10.7. The molecule has 1 heterocycles. The molecule has 2 N–H and O–H groups in total. The van der Waals surface area contributed by atoms with Crippen molar-refractivity contribution < 1.29 is 4.74 Å². The summed E-state index contributed by atoms with van der Waals surface area (Å²) in [5.41, 5.74) is 1.33. The van der Waals surface area contributed by atoms with Gasteiger partial charge >= 0.3 is 0 Å². The Balaban J connectivity index is 0.00000338. The minimum Gasteiger partial charge on any atom is -0.380 e. The van der Waals surface area contributed by atoms with E-state index in [1.54, 1.807) is 0 Å². The minimum atomic E-state index is 0. The highest BCUT2D eigenvalue weighted by molar-refractivity contribution is 14.0. The molecule has 1 aliphatic rings. The fraction of sp³-hybridized carbons (Fsp3) is 0.650. The number of rotatable bonds is 9. The molecule has 2 rings (SSSR count). The standard InChI is InChI=1S/C20H34N4O.HI/c1-17(2)10-13-25-14-11-22-20(21-3)23-15-18-9-12-24(16-18)19-7-5-4-6-8-19;/h4-8,17-18H,9-16H2,1-3H3,(H2,21,22,23);1H. The average Bonchev–Trinajstić information content (AvgIpc) is 3.10. The zero-order valence-electron chi connectivity index (χ0n) is 16.4. The Morgan fingerprint density at radius 1 is 1.23 bits per heavy atom. The summed E-state index contributed by atoms with van der Waals surface area (Å²) >= 11 is 0. The second-order valence-corrected chi connectivity index (χ2v) is 7.11. The van der Waals surface area contributed by atoms with Crippen molar-refractivity contribution in [2.45, 2.75) is 26.7 Å². The van der Waals surface area contributed by atoms with Crippen LogP contribution in [0.4, 0.5) is 5.69 Å². The first-order valence-corrected chi connectivity index (χ1v) is 9.51. The molecule has 1 aliphatic heterocycles. The molecule has 0 amide bonds. The number of ether oxygens (including phenoxy) is 1. The van der Waals surface area contributed by atoms with Gasteiger partial charge in [-0.15, -0.1) is 24.0 Å². The largest absolute Gasteiger partial charge is 0.380 e. The van der Waals surface area contributed by atoms with Gasteiger partial charge in [-0.25, -0.2) is 0 Å². The van der Waals surface area contributed by atoms with Gasteiger partial charge in [0.05, 0.1) is 6.61 Å². The fourth-order valence-corrected chi connectivity index (χ4v) is 3.00. The number of aliphatic imine (C=N–C) groups is 1. The maximum atomic E-state index is 5.63. The number of benzene rings is 1. The normalized spacial score (nSPS) is 17.3. The third-order valence-corrected chi connectivity index (χ3v) is 4.57. The topological polar surface area (TPSA) is 48.9 Å². The molecule has 1 aromatic carbocycles. The average molecular weight is 474 g/mol. The summed E-state index contributed by atoms with van der Waals surface area (Å²) in [7, 11) is 1.82. The van der Waals surface area contributed by atoms with E-state index in [9.17, 15) is 0 Å². The Morgan fingerprint density at radius 3 is 2.69 bits per heavy atom. The number of hydrogen-bond acceptors (Lipinski definition) is 3. The van der Waals surface area contributed by atoms with Crippen molar-refractivity contribution in [2.24, 2.45) is 16.8 Å². The van der Waals surface area contributed by atoms with E-state index in [0.717, 1.165) is 51.8 Å². The molecule has 6 heteroatoms. The van der Waals surface area contributed by atoms with Crippen molar-refractivity contribution in [3.8, 4) is 0 Å². The smallest absolute Gasteiger partial charge is 0.191 e. The van der Waals surface area contributed by atoms with Crippen molar-refractivity contribution >= 4 is 35.6 Å². The monoisotopic (exact) mass is 474 g/mol. The highest BCUT2D eigenvalue weighted by Gasteiger charge is 2.22. The van der Waals surface area contributed by atoms with Crippen LogP contribution in [-0.2, 0) is 4.74 Å². The van der Waals surface area contributed by atoms with Crippen LogP contribution in [0.3, 0.4) is 0 Å².